The quantitative estimate of drug-likeness (QED) is 0.843. The first-order valence-electron chi connectivity index (χ1n) is 6.98. The summed E-state index contributed by atoms with van der Waals surface area (Å²) in [5.74, 6) is -0.251. The van der Waals surface area contributed by atoms with E-state index in [1.807, 2.05) is 31.3 Å². The van der Waals surface area contributed by atoms with E-state index < -0.39 is 0 Å². The average molecular weight is 270 g/mol. The molecule has 3 rings (SSSR count). The van der Waals surface area contributed by atoms with E-state index in [1.165, 1.54) is 5.57 Å². The minimum atomic E-state index is -0.251. The molecule has 0 atom stereocenters. The van der Waals surface area contributed by atoms with E-state index in [4.69, 9.17) is 4.74 Å². The standard InChI is InChI=1S/C16H18N2O2/c1-2-20-16(19)13-4-3-12-7-10-18-15(12)14(13)11-5-8-17-9-6-11/h3-5,7,10,17-18H,2,6,8-9H2,1H3. The van der Waals surface area contributed by atoms with Crippen LogP contribution < -0.4 is 5.32 Å². The number of aromatic nitrogens is 1. The van der Waals surface area contributed by atoms with Gasteiger partial charge in [0.25, 0.3) is 0 Å². The SMILES string of the molecule is CCOC(=O)c1ccc2cc[nH]c2c1C1=CCNCC1. The van der Waals surface area contributed by atoms with Crippen molar-refractivity contribution in [2.45, 2.75) is 13.3 Å². The molecule has 0 saturated carbocycles. The number of benzene rings is 1. The highest BCUT2D eigenvalue weighted by atomic mass is 16.5. The number of nitrogens with one attached hydrogen (secondary N) is 2. The van der Waals surface area contributed by atoms with Crippen LogP contribution in [0, 0.1) is 0 Å². The van der Waals surface area contributed by atoms with Gasteiger partial charge in [0.15, 0.2) is 0 Å². The Hall–Kier alpha value is -2.07. The largest absolute Gasteiger partial charge is 0.462 e. The van der Waals surface area contributed by atoms with Gasteiger partial charge >= 0.3 is 5.97 Å². The number of carbonyl (C=O) groups excluding carboxylic acids is 1. The summed E-state index contributed by atoms with van der Waals surface area (Å²) in [5, 5.41) is 4.42. The Bertz CT molecular complexity index is 670. The summed E-state index contributed by atoms with van der Waals surface area (Å²) in [6.07, 6.45) is 4.98. The van der Waals surface area contributed by atoms with E-state index in [0.29, 0.717) is 12.2 Å². The molecule has 2 aromatic rings. The molecule has 0 radical (unpaired) electrons. The molecule has 0 amide bonds. The van der Waals surface area contributed by atoms with Crippen molar-refractivity contribution in [3.8, 4) is 0 Å². The molecule has 1 aromatic heterocycles. The fraction of sp³-hybridized carbons (Fsp3) is 0.312. The second-order valence-electron chi connectivity index (χ2n) is 4.83. The van der Waals surface area contributed by atoms with Gasteiger partial charge in [-0.2, -0.15) is 0 Å². The third kappa shape index (κ3) is 2.23. The Morgan fingerprint density at radius 3 is 3.00 bits per heavy atom. The van der Waals surface area contributed by atoms with E-state index in [-0.39, 0.29) is 5.97 Å². The lowest BCUT2D eigenvalue weighted by Gasteiger charge is -2.18. The number of esters is 1. The van der Waals surface area contributed by atoms with Gasteiger partial charge in [-0.05, 0) is 37.6 Å². The van der Waals surface area contributed by atoms with Crippen LogP contribution in [0.3, 0.4) is 0 Å². The molecule has 0 unspecified atom stereocenters. The molecule has 1 aliphatic rings. The van der Waals surface area contributed by atoms with Crippen molar-refractivity contribution < 1.29 is 9.53 Å². The number of hydrogen-bond acceptors (Lipinski definition) is 3. The Kier molecular flexibility index (Phi) is 3.56. The van der Waals surface area contributed by atoms with E-state index in [2.05, 4.69) is 16.4 Å². The fourth-order valence-electron chi connectivity index (χ4n) is 2.69. The van der Waals surface area contributed by atoms with Gasteiger partial charge in [-0.15, -0.1) is 0 Å². The average Bonchev–Trinajstić information content (AvgIpc) is 2.95. The number of rotatable bonds is 3. The molecule has 0 saturated heterocycles. The lowest BCUT2D eigenvalue weighted by atomic mass is 9.93. The van der Waals surface area contributed by atoms with Crippen LogP contribution in [0.1, 0.15) is 29.3 Å². The molecule has 4 heteroatoms. The van der Waals surface area contributed by atoms with E-state index in [9.17, 15) is 4.79 Å². The highest BCUT2D eigenvalue weighted by Gasteiger charge is 2.19. The van der Waals surface area contributed by atoms with Crippen molar-refractivity contribution >= 4 is 22.4 Å². The van der Waals surface area contributed by atoms with E-state index in [1.54, 1.807) is 0 Å². The van der Waals surface area contributed by atoms with Crippen LogP contribution in [0.4, 0.5) is 0 Å². The van der Waals surface area contributed by atoms with Crippen molar-refractivity contribution in [2.75, 3.05) is 19.7 Å². The van der Waals surface area contributed by atoms with Gasteiger partial charge < -0.3 is 15.0 Å². The van der Waals surface area contributed by atoms with Gasteiger partial charge in [0.1, 0.15) is 0 Å². The number of H-pyrrole nitrogens is 1. The molecule has 2 heterocycles. The monoisotopic (exact) mass is 270 g/mol. The van der Waals surface area contributed by atoms with Gasteiger partial charge in [-0.1, -0.05) is 12.1 Å². The molecule has 4 nitrogen and oxygen atoms in total. The molecule has 104 valence electrons. The number of fused-ring (bicyclic) bond motifs is 1. The van der Waals surface area contributed by atoms with Crippen LogP contribution in [0.2, 0.25) is 0 Å². The smallest absolute Gasteiger partial charge is 0.338 e. The number of hydrogen-bond donors (Lipinski definition) is 2. The van der Waals surface area contributed by atoms with Crippen LogP contribution in [0.15, 0.2) is 30.5 Å². The van der Waals surface area contributed by atoms with Crippen molar-refractivity contribution in [3.63, 3.8) is 0 Å². The van der Waals surface area contributed by atoms with Crippen molar-refractivity contribution in [3.05, 3.63) is 41.6 Å². The zero-order valence-corrected chi connectivity index (χ0v) is 11.5. The lowest BCUT2D eigenvalue weighted by Crippen LogP contribution is -2.21. The van der Waals surface area contributed by atoms with Gasteiger partial charge in [0, 0.05) is 23.7 Å². The van der Waals surface area contributed by atoms with Crippen LogP contribution in [0.5, 0.6) is 0 Å². The lowest BCUT2D eigenvalue weighted by molar-refractivity contribution is 0.0526. The molecule has 1 aromatic carbocycles. The minimum Gasteiger partial charge on any atom is -0.462 e. The normalized spacial score (nSPS) is 15.2. The molecular weight excluding hydrogens is 252 g/mol. The molecule has 0 aliphatic carbocycles. The maximum Gasteiger partial charge on any atom is 0.338 e. The predicted octanol–water partition coefficient (Wildman–Crippen LogP) is 2.72. The zero-order valence-electron chi connectivity index (χ0n) is 11.5. The second-order valence-corrected chi connectivity index (χ2v) is 4.83. The minimum absolute atomic E-state index is 0.251. The van der Waals surface area contributed by atoms with Crippen LogP contribution in [-0.4, -0.2) is 30.6 Å². The third-order valence-corrected chi connectivity index (χ3v) is 3.61. The summed E-state index contributed by atoms with van der Waals surface area (Å²) in [7, 11) is 0. The number of carbonyl (C=O) groups is 1. The first kappa shape index (κ1) is 12.9. The summed E-state index contributed by atoms with van der Waals surface area (Å²) in [6, 6.07) is 5.85. The zero-order chi connectivity index (χ0) is 13.9. The number of aromatic amines is 1. The maximum absolute atomic E-state index is 12.2. The summed E-state index contributed by atoms with van der Waals surface area (Å²) in [5.41, 5.74) is 3.87. The van der Waals surface area contributed by atoms with Crippen LogP contribution >= 0.6 is 0 Å². The molecule has 20 heavy (non-hydrogen) atoms. The van der Waals surface area contributed by atoms with Gasteiger partial charge in [-0.25, -0.2) is 4.79 Å². The van der Waals surface area contributed by atoms with Gasteiger partial charge in [-0.3, -0.25) is 0 Å². The molecular formula is C16H18N2O2. The summed E-state index contributed by atoms with van der Waals surface area (Å²) < 4.78 is 5.19. The maximum atomic E-state index is 12.2. The molecule has 2 N–H and O–H groups in total. The molecule has 0 spiro atoms. The Morgan fingerprint density at radius 1 is 1.35 bits per heavy atom. The molecule has 0 bridgehead atoms. The van der Waals surface area contributed by atoms with Gasteiger partial charge in [0.2, 0.25) is 0 Å². The first-order valence-corrected chi connectivity index (χ1v) is 6.98. The molecule has 1 aliphatic heterocycles. The summed E-state index contributed by atoms with van der Waals surface area (Å²) in [4.78, 5) is 15.4. The fourth-order valence-corrected chi connectivity index (χ4v) is 2.69. The predicted molar refractivity (Wildman–Crippen MR) is 79.7 cm³/mol. The van der Waals surface area contributed by atoms with Gasteiger partial charge in [0.05, 0.1) is 17.7 Å². The summed E-state index contributed by atoms with van der Waals surface area (Å²) >= 11 is 0. The van der Waals surface area contributed by atoms with Crippen LogP contribution in [-0.2, 0) is 4.74 Å². The second kappa shape index (κ2) is 5.51. The highest BCUT2D eigenvalue weighted by Crippen LogP contribution is 2.31. The van der Waals surface area contributed by atoms with Crippen LogP contribution in [0.25, 0.3) is 16.5 Å². The number of ether oxygens (including phenoxy) is 1. The van der Waals surface area contributed by atoms with Crippen molar-refractivity contribution in [1.29, 1.82) is 0 Å². The van der Waals surface area contributed by atoms with Crippen molar-refractivity contribution in [1.82, 2.24) is 10.3 Å². The highest BCUT2D eigenvalue weighted by molar-refractivity contribution is 6.04. The molecule has 0 fully saturated rings. The Labute approximate surface area is 117 Å². The first-order chi connectivity index (χ1) is 9.81. The van der Waals surface area contributed by atoms with Crippen molar-refractivity contribution in [2.24, 2.45) is 0 Å². The Morgan fingerprint density at radius 2 is 2.25 bits per heavy atom. The topological polar surface area (TPSA) is 54.1 Å². The summed E-state index contributed by atoms with van der Waals surface area (Å²) in [6.45, 7) is 4.00. The third-order valence-electron chi connectivity index (χ3n) is 3.61. The van der Waals surface area contributed by atoms with E-state index >= 15 is 0 Å². The Balaban J connectivity index is 2.18. The van der Waals surface area contributed by atoms with E-state index in [0.717, 1.165) is 36.0 Å².